The fraction of sp³-hybridized carbons (Fsp3) is 0.519. The summed E-state index contributed by atoms with van der Waals surface area (Å²) in [7, 11) is 0. The van der Waals surface area contributed by atoms with E-state index in [1.54, 1.807) is 0 Å². The van der Waals surface area contributed by atoms with Crippen LogP contribution >= 0.6 is 0 Å². The van der Waals surface area contributed by atoms with Gasteiger partial charge in [-0.2, -0.15) is 18.2 Å². The van der Waals surface area contributed by atoms with Gasteiger partial charge in [0.25, 0.3) is 0 Å². The molecule has 1 aliphatic carbocycles. The lowest BCUT2D eigenvalue weighted by molar-refractivity contribution is -0.137. The molecule has 13 heteroatoms. The minimum absolute atomic E-state index is 0.0939. The Morgan fingerprint density at radius 3 is 2.50 bits per heavy atom. The summed E-state index contributed by atoms with van der Waals surface area (Å²) >= 11 is 0. The lowest BCUT2D eigenvalue weighted by atomic mass is 9.80. The molecule has 2 aliphatic rings. The number of hydrogen-bond acceptors (Lipinski definition) is 8. The molecule has 0 bridgehead atoms. The summed E-state index contributed by atoms with van der Waals surface area (Å²) in [6.45, 7) is 5.34. The summed E-state index contributed by atoms with van der Waals surface area (Å²) < 4.78 is 46.4. The van der Waals surface area contributed by atoms with Crippen LogP contribution in [0.5, 0.6) is 0 Å². The summed E-state index contributed by atoms with van der Waals surface area (Å²) in [6.07, 6.45) is 2.14. The third kappa shape index (κ3) is 5.04. The molecule has 3 aromatic heterocycles. The van der Waals surface area contributed by atoms with Crippen LogP contribution < -0.4 is 16.0 Å². The van der Waals surface area contributed by atoms with E-state index in [1.165, 1.54) is 18.6 Å². The van der Waals surface area contributed by atoms with E-state index in [-0.39, 0.29) is 30.3 Å². The molecule has 1 unspecified atom stereocenters. The molecule has 40 heavy (non-hydrogen) atoms. The zero-order valence-electron chi connectivity index (χ0n) is 22.3. The first-order valence-corrected chi connectivity index (χ1v) is 13.7. The highest BCUT2D eigenvalue weighted by Crippen LogP contribution is 2.36. The van der Waals surface area contributed by atoms with Crippen molar-refractivity contribution in [2.45, 2.75) is 77.2 Å². The Kier molecular flexibility index (Phi) is 6.75. The molecule has 1 saturated heterocycles. The van der Waals surface area contributed by atoms with Crippen LogP contribution in [0.25, 0.3) is 22.8 Å². The second kappa shape index (κ2) is 10.3. The van der Waals surface area contributed by atoms with Crippen molar-refractivity contribution in [2.75, 3.05) is 16.8 Å². The highest BCUT2D eigenvalue weighted by Gasteiger charge is 2.31. The molecule has 2 fully saturated rings. The van der Waals surface area contributed by atoms with Crippen LogP contribution in [0.15, 0.2) is 33.6 Å². The number of nitrogens with one attached hydrogen (secondary N) is 2. The van der Waals surface area contributed by atoms with Crippen molar-refractivity contribution < 1.29 is 17.7 Å². The zero-order valence-corrected chi connectivity index (χ0v) is 22.3. The first-order chi connectivity index (χ1) is 19.2. The molecule has 0 amide bonds. The van der Waals surface area contributed by atoms with Gasteiger partial charge in [-0.15, -0.1) is 0 Å². The van der Waals surface area contributed by atoms with Gasteiger partial charge in [0.15, 0.2) is 11.5 Å². The Labute approximate surface area is 228 Å². The molecule has 2 atom stereocenters. The van der Waals surface area contributed by atoms with E-state index in [0.29, 0.717) is 34.4 Å². The Morgan fingerprint density at radius 2 is 1.88 bits per heavy atom. The summed E-state index contributed by atoms with van der Waals surface area (Å²) in [6, 6.07) is 5.54. The fourth-order valence-electron chi connectivity index (χ4n) is 5.58. The van der Waals surface area contributed by atoms with Crippen LogP contribution in [-0.4, -0.2) is 48.3 Å². The number of benzene rings is 1. The summed E-state index contributed by atoms with van der Waals surface area (Å²) in [5.41, 5.74) is 1.05. The van der Waals surface area contributed by atoms with E-state index in [1.807, 2.05) is 4.57 Å². The molecule has 1 aliphatic heterocycles. The molecule has 4 heterocycles. The van der Waals surface area contributed by atoms with E-state index in [9.17, 15) is 18.0 Å². The minimum Gasteiger partial charge on any atom is -0.365 e. The predicted molar refractivity (Wildman–Crippen MR) is 143 cm³/mol. The Bertz CT molecular complexity index is 1550. The van der Waals surface area contributed by atoms with Crippen molar-refractivity contribution >= 4 is 22.9 Å². The summed E-state index contributed by atoms with van der Waals surface area (Å²) in [5, 5.41) is 7.33. The number of hydrogen-bond donors (Lipinski definition) is 2. The third-order valence-electron chi connectivity index (χ3n) is 8.14. The maximum absolute atomic E-state index is 13.2. The number of aromatic nitrogens is 6. The number of anilines is 2. The molecule has 1 saturated carbocycles. The van der Waals surface area contributed by atoms with Gasteiger partial charge in [0.2, 0.25) is 17.6 Å². The first-order valence-electron chi connectivity index (χ1n) is 13.7. The number of rotatable bonds is 7. The lowest BCUT2D eigenvalue weighted by Gasteiger charge is -2.34. The van der Waals surface area contributed by atoms with Crippen molar-refractivity contribution in [3.8, 4) is 11.6 Å². The standard InChI is InChI=1S/C27H31F3N8O2/c1-15-6-3-4-13-37(15)25-34-22-20(38(25)14-17-9-11-19(12-10-17)27(28,29)30)21(31-16(2)18-7-5-8-18)32-23(33-22)24-35-26(39)40-36-24/h9-12,15-16,18H,3-8,13-14H2,1-2H3,(H,31,32,33)(H,35,36,39)/t15?,16-/m1/s1. The zero-order chi connectivity index (χ0) is 28.0. The molecule has 0 spiro atoms. The second-order valence-electron chi connectivity index (χ2n) is 10.9. The van der Waals surface area contributed by atoms with Gasteiger partial charge in [-0.25, -0.2) is 14.8 Å². The average molecular weight is 557 g/mol. The molecule has 212 valence electrons. The molecule has 6 rings (SSSR count). The fourth-order valence-corrected chi connectivity index (χ4v) is 5.58. The number of aromatic amines is 1. The predicted octanol–water partition coefficient (Wildman–Crippen LogP) is 5.22. The molecule has 2 N–H and O–H groups in total. The van der Waals surface area contributed by atoms with Gasteiger partial charge < -0.3 is 14.8 Å². The maximum atomic E-state index is 13.2. The van der Waals surface area contributed by atoms with Gasteiger partial charge in [-0.3, -0.25) is 9.51 Å². The lowest BCUT2D eigenvalue weighted by Crippen LogP contribution is -2.39. The van der Waals surface area contributed by atoms with E-state index in [0.717, 1.165) is 50.8 Å². The molecule has 0 radical (unpaired) electrons. The van der Waals surface area contributed by atoms with Crippen LogP contribution in [0.3, 0.4) is 0 Å². The van der Waals surface area contributed by atoms with Crippen LogP contribution in [0.2, 0.25) is 0 Å². The topological polar surface area (TPSA) is 118 Å². The van der Waals surface area contributed by atoms with Crippen molar-refractivity contribution in [1.82, 2.24) is 29.7 Å². The SMILES string of the molecule is CC1CCCCN1c1nc2nc(-c3noc(=O)[nH]3)nc(N[C@H](C)C3CCC3)c2n1Cc1ccc(C(F)(F)F)cc1. The van der Waals surface area contributed by atoms with E-state index >= 15 is 0 Å². The average Bonchev–Trinajstić information content (AvgIpc) is 3.47. The largest absolute Gasteiger partial charge is 0.439 e. The van der Waals surface area contributed by atoms with Crippen LogP contribution in [0.1, 0.15) is 63.5 Å². The van der Waals surface area contributed by atoms with Crippen molar-refractivity contribution in [2.24, 2.45) is 5.92 Å². The van der Waals surface area contributed by atoms with Crippen molar-refractivity contribution in [3.63, 3.8) is 0 Å². The molecular weight excluding hydrogens is 525 g/mol. The summed E-state index contributed by atoms with van der Waals surface area (Å²) in [4.78, 5) is 30.7. The van der Waals surface area contributed by atoms with Gasteiger partial charge in [0.05, 0.1) is 12.1 Å². The van der Waals surface area contributed by atoms with Crippen molar-refractivity contribution in [1.29, 1.82) is 0 Å². The Balaban J connectivity index is 1.51. The maximum Gasteiger partial charge on any atom is 0.439 e. The van der Waals surface area contributed by atoms with E-state index < -0.39 is 17.5 Å². The molecule has 1 aromatic carbocycles. The molecule has 4 aromatic rings. The van der Waals surface area contributed by atoms with Crippen LogP contribution in [-0.2, 0) is 12.7 Å². The number of nitrogens with zero attached hydrogens (tertiary/aromatic N) is 6. The van der Waals surface area contributed by atoms with E-state index in [4.69, 9.17) is 14.5 Å². The van der Waals surface area contributed by atoms with Gasteiger partial charge >= 0.3 is 11.9 Å². The highest BCUT2D eigenvalue weighted by atomic mass is 19.4. The Hall–Kier alpha value is -3.90. The van der Waals surface area contributed by atoms with Gasteiger partial charge in [-0.05, 0) is 69.6 Å². The van der Waals surface area contributed by atoms with E-state index in [2.05, 4.69) is 39.2 Å². The monoisotopic (exact) mass is 556 g/mol. The number of fused-ring (bicyclic) bond motifs is 1. The van der Waals surface area contributed by atoms with Crippen LogP contribution in [0.4, 0.5) is 24.9 Å². The number of alkyl halides is 3. The molecular formula is C27H31F3N8O2. The normalized spacial score (nSPS) is 19.1. The van der Waals surface area contributed by atoms with Gasteiger partial charge in [0, 0.05) is 18.6 Å². The first kappa shape index (κ1) is 26.3. The quantitative estimate of drug-likeness (QED) is 0.318. The smallest absolute Gasteiger partial charge is 0.365 e. The number of piperidine rings is 1. The second-order valence-corrected chi connectivity index (χ2v) is 10.9. The van der Waals surface area contributed by atoms with Crippen molar-refractivity contribution in [3.05, 3.63) is 45.9 Å². The number of H-pyrrole nitrogens is 1. The molecule has 10 nitrogen and oxygen atoms in total. The van der Waals surface area contributed by atoms with Gasteiger partial charge in [0.1, 0.15) is 5.52 Å². The minimum atomic E-state index is -4.41. The van der Waals surface area contributed by atoms with Crippen LogP contribution in [0, 0.1) is 5.92 Å². The Morgan fingerprint density at radius 1 is 1.10 bits per heavy atom. The summed E-state index contributed by atoms with van der Waals surface area (Å²) in [5.74, 6) is 1.25. The third-order valence-corrected chi connectivity index (χ3v) is 8.14. The highest BCUT2D eigenvalue weighted by molar-refractivity contribution is 5.87. The number of halogens is 3. The van der Waals surface area contributed by atoms with Gasteiger partial charge in [-0.1, -0.05) is 23.7 Å². The number of imidazole rings is 1.